The van der Waals surface area contributed by atoms with Crippen LogP contribution in [-0.4, -0.2) is 4.89 Å². The predicted octanol–water partition coefficient (Wildman–Crippen LogP) is 8.98. The van der Waals surface area contributed by atoms with Gasteiger partial charge in [0.25, 0.3) is 0 Å². The zero-order chi connectivity index (χ0) is 26.1. The van der Waals surface area contributed by atoms with Crippen molar-refractivity contribution in [2.75, 3.05) is 0 Å². The van der Waals surface area contributed by atoms with Crippen molar-refractivity contribution in [1.29, 1.82) is 0 Å². The maximum absolute atomic E-state index is 13.4. The lowest BCUT2D eigenvalue weighted by Gasteiger charge is -2.33. The Morgan fingerprint density at radius 3 is 1.20 bits per heavy atom. The smallest absolute Gasteiger partial charge is 0.395 e. The lowest BCUT2D eigenvalue weighted by atomic mass is 9.76. The normalized spacial score (nSPS) is 16.0. The summed E-state index contributed by atoms with van der Waals surface area (Å²) in [6, 6.07) is 8.52. The molecule has 3 rings (SSSR count). The summed E-state index contributed by atoms with van der Waals surface area (Å²) in [4.78, 5) is 10.9. The molecular weight excluding hydrogens is 455 g/mol. The van der Waals surface area contributed by atoms with Crippen LogP contribution in [0.4, 0.5) is 0 Å². The third kappa shape index (κ3) is 6.33. The van der Waals surface area contributed by atoms with Crippen LogP contribution in [0.1, 0.15) is 124 Å². The second kappa shape index (κ2) is 8.96. The Morgan fingerprint density at radius 1 is 0.629 bits per heavy atom. The second-order valence-electron chi connectivity index (χ2n) is 13.9. The fourth-order valence-corrected chi connectivity index (χ4v) is 5.22. The standard InChI is InChI=1S/C29H43O4P.CH4/c1-26(2,3)20-14-18-13-19-15-21(27(4,5)6)17-23(29(10,11)12)25(19)33-34(30,31)32-24(18)22(16-20)28(7,8)9;/h14-17H,13H2,1-12H3,(H,30,31);1H4. The van der Waals surface area contributed by atoms with E-state index in [9.17, 15) is 9.46 Å². The zero-order valence-corrected chi connectivity index (χ0v) is 24.0. The van der Waals surface area contributed by atoms with Crippen LogP contribution in [-0.2, 0) is 32.6 Å². The van der Waals surface area contributed by atoms with Gasteiger partial charge in [-0.05, 0) is 43.9 Å². The van der Waals surface area contributed by atoms with Gasteiger partial charge in [-0.3, -0.25) is 4.89 Å². The molecule has 5 heteroatoms. The second-order valence-corrected chi connectivity index (χ2v) is 15.2. The average Bonchev–Trinajstić information content (AvgIpc) is 2.58. The van der Waals surface area contributed by atoms with Gasteiger partial charge in [0.2, 0.25) is 0 Å². The summed E-state index contributed by atoms with van der Waals surface area (Å²) in [6.45, 7) is 25.7. The van der Waals surface area contributed by atoms with Crippen molar-refractivity contribution in [3.05, 3.63) is 57.6 Å². The molecule has 0 saturated carbocycles. The van der Waals surface area contributed by atoms with Crippen LogP contribution in [0.15, 0.2) is 24.3 Å². The molecule has 0 bridgehead atoms. The van der Waals surface area contributed by atoms with Gasteiger partial charge in [-0.15, -0.1) is 0 Å². The first-order valence-corrected chi connectivity index (χ1v) is 13.7. The number of rotatable bonds is 0. The average molecular weight is 503 g/mol. The molecule has 0 unspecified atom stereocenters. The highest BCUT2D eigenvalue weighted by molar-refractivity contribution is 7.48. The SMILES string of the molecule is C.CC(C)(C)c1cc2c(c(C(C)(C)C)c1)OP(=O)(O)Oc1c(cc(C(C)(C)C)cc1C(C)(C)C)C2. The van der Waals surface area contributed by atoms with Crippen LogP contribution < -0.4 is 9.05 Å². The first-order chi connectivity index (χ1) is 15.1. The Morgan fingerprint density at radius 2 is 0.943 bits per heavy atom. The Labute approximate surface area is 214 Å². The summed E-state index contributed by atoms with van der Waals surface area (Å²) in [7, 11) is -4.43. The zero-order valence-electron chi connectivity index (χ0n) is 23.1. The van der Waals surface area contributed by atoms with Crippen LogP contribution >= 0.6 is 7.82 Å². The summed E-state index contributed by atoms with van der Waals surface area (Å²) in [5.74, 6) is 0.936. The largest absolute Gasteiger partial charge is 0.584 e. The maximum atomic E-state index is 13.4. The van der Waals surface area contributed by atoms with Gasteiger partial charge < -0.3 is 9.05 Å². The van der Waals surface area contributed by atoms with E-state index < -0.39 is 7.82 Å². The van der Waals surface area contributed by atoms with Crippen LogP contribution in [0.5, 0.6) is 11.5 Å². The molecule has 196 valence electrons. The predicted molar refractivity (Wildman–Crippen MR) is 148 cm³/mol. The monoisotopic (exact) mass is 502 g/mol. The summed E-state index contributed by atoms with van der Waals surface area (Å²) in [6.07, 6.45) is 0.560. The molecule has 0 fully saturated rings. The molecule has 1 aliphatic rings. The highest BCUT2D eigenvalue weighted by Gasteiger charge is 2.38. The van der Waals surface area contributed by atoms with Gasteiger partial charge in [-0.2, -0.15) is 0 Å². The van der Waals surface area contributed by atoms with Crippen molar-refractivity contribution in [2.24, 2.45) is 0 Å². The molecule has 0 saturated heterocycles. The molecule has 1 N–H and O–H groups in total. The topological polar surface area (TPSA) is 55.8 Å². The molecule has 1 heterocycles. The van der Waals surface area contributed by atoms with E-state index in [1.165, 1.54) is 11.1 Å². The van der Waals surface area contributed by atoms with Gasteiger partial charge in [0.1, 0.15) is 11.5 Å². The van der Waals surface area contributed by atoms with E-state index in [0.29, 0.717) is 17.9 Å². The molecule has 0 radical (unpaired) electrons. The Balaban J connectivity index is 0.00000432. The van der Waals surface area contributed by atoms with Crippen LogP contribution in [0.25, 0.3) is 0 Å². The fourth-order valence-electron chi connectivity index (χ4n) is 4.29. The molecule has 1 aliphatic heterocycles. The van der Waals surface area contributed by atoms with E-state index in [2.05, 4.69) is 107 Å². The molecule has 35 heavy (non-hydrogen) atoms. The van der Waals surface area contributed by atoms with Crippen molar-refractivity contribution in [1.82, 2.24) is 0 Å². The quantitative estimate of drug-likeness (QED) is 0.365. The van der Waals surface area contributed by atoms with Gasteiger partial charge in [0.15, 0.2) is 0 Å². The maximum Gasteiger partial charge on any atom is 0.584 e. The van der Waals surface area contributed by atoms with Gasteiger partial charge in [-0.25, -0.2) is 4.57 Å². The van der Waals surface area contributed by atoms with Crippen LogP contribution in [0.3, 0.4) is 0 Å². The molecule has 0 aliphatic carbocycles. The minimum Gasteiger partial charge on any atom is -0.395 e. The van der Waals surface area contributed by atoms with Crippen molar-refractivity contribution in [3.8, 4) is 11.5 Å². The summed E-state index contributed by atoms with van der Waals surface area (Å²) < 4.78 is 25.1. The van der Waals surface area contributed by atoms with Crippen molar-refractivity contribution in [3.63, 3.8) is 0 Å². The highest BCUT2D eigenvalue weighted by atomic mass is 31.2. The molecule has 4 nitrogen and oxygen atoms in total. The van der Waals surface area contributed by atoms with E-state index in [1.807, 2.05) is 0 Å². The molecule has 0 atom stereocenters. The number of hydrogen-bond donors (Lipinski definition) is 1. The fraction of sp³-hybridized carbons (Fsp3) is 0.600. The van der Waals surface area contributed by atoms with Gasteiger partial charge >= 0.3 is 7.82 Å². The molecule has 2 aromatic carbocycles. The van der Waals surface area contributed by atoms with E-state index in [1.54, 1.807) is 0 Å². The highest BCUT2D eigenvalue weighted by Crippen LogP contribution is 2.54. The number of fused-ring (bicyclic) bond motifs is 2. The van der Waals surface area contributed by atoms with Crippen molar-refractivity contribution < 1.29 is 18.5 Å². The number of phosphoric ester groups is 1. The minimum atomic E-state index is -4.43. The first-order valence-electron chi connectivity index (χ1n) is 12.2. The number of hydrogen-bond acceptors (Lipinski definition) is 3. The molecular formula is C30H47O4P. The minimum absolute atomic E-state index is 0. The third-order valence-corrected chi connectivity index (χ3v) is 7.30. The lowest BCUT2D eigenvalue weighted by molar-refractivity contribution is 0.281. The van der Waals surface area contributed by atoms with Crippen LogP contribution in [0.2, 0.25) is 0 Å². The summed E-state index contributed by atoms with van der Waals surface area (Å²) >= 11 is 0. The third-order valence-electron chi connectivity index (χ3n) is 6.47. The molecule has 0 amide bonds. The number of benzene rings is 2. The lowest BCUT2D eigenvalue weighted by Crippen LogP contribution is -2.22. The van der Waals surface area contributed by atoms with Gasteiger partial charge in [0, 0.05) is 17.5 Å². The molecule has 0 spiro atoms. The van der Waals surface area contributed by atoms with E-state index in [-0.39, 0.29) is 29.1 Å². The van der Waals surface area contributed by atoms with Crippen LogP contribution in [0, 0.1) is 0 Å². The van der Waals surface area contributed by atoms with E-state index in [0.717, 1.165) is 22.3 Å². The molecule has 0 aromatic heterocycles. The van der Waals surface area contributed by atoms with Crippen molar-refractivity contribution >= 4 is 7.82 Å². The molecule has 2 aromatic rings. The number of phosphoric acid groups is 1. The van der Waals surface area contributed by atoms with Crippen molar-refractivity contribution in [2.45, 2.75) is 119 Å². The Hall–Kier alpha value is -1.77. The summed E-state index contributed by atoms with van der Waals surface area (Å²) in [5, 5.41) is 0. The summed E-state index contributed by atoms with van der Waals surface area (Å²) in [5.41, 5.74) is 5.31. The Kier molecular flexibility index (Phi) is 7.54. The van der Waals surface area contributed by atoms with Gasteiger partial charge in [-0.1, -0.05) is 115 Å². The van der Waals surface area contributed by atoms with Gasteiger partial charge in [0.05, 0.1) is 0 Å². The van der Waals surface area contributed by atoms with E-state index in [4.69, 9.17) is 9.05 Å². The Bertz CT molecular complexity index is 1060. The van der Waals surface area contributed by atoms with E-state index >= 15 is 0 Å². The first kappa shape index (κ1) is 29.5.